The van der Waals surface area contributed by atoms with Crippen molar-refractivity contribution in [2.75, 3.05) is 40.5 Å². The van der Waals surface area contributed by atoms with E-state index in [1.165, 1.54) is 54.0 Å². The average Bonchev–Trinajstić information content (AvgIpc) is 3.35. The number of hydrogen-bond donors (Lipinski definition) is 0. The summed E-state index contributed by atoms with van der Waals surface area (Å²) in [4.78, 5) is 14.4. The molecule has 0 amide bonds. The molecule has 2 aliphatic heterocycles. The second-order valence-electron chi connectivity index (χ2n) is 12.7. The summed E-state index contributed by atoms with van der Waals surface area (Å²) in [6.07, 6.45) is 6.40. The van der Waals surface area contributed by atoms with Crippen LogP contribution in [0, 0.1) is 0 Å². The molecule has 4 heterocycles. The molecule has 3 fully saturated rings. The normalized spacial score (nSPS) is 18.9. The highest BCUT2D eigenvalue weighted by atomic mass is 16.5. The third-order valence-electron chi connectivity index (χ3n) is 8.10. The van der Waals surface area contributed by atoms with Crippen LogP contribution in [0.15, 0.2) is 30.3 Å². The average molecular weight is 553 g/mol. The molecular weight excluding hydrogens is 496 g/mol. The number of ether oxygens (including phenoxy) is 2. The van der Waals surface area contributed by atoms with E-state index >= 15 is 0 Å². The van der Waals surface area contributed by atoms with Crippen LogP contribution >= 0.6 is 0 Å². The Balaban J connectivity index is 0.000000192. The first kappa shape index (κ1) is 32.7. The van der Waals surface area contributed by atoms with E-state index in [0.29, 0.717) is 23.8 Å². The first-order valence-corrected chi connectivity index (χ1v) is 15.7. The van der Waals surface area contributed by atoms with E-state index in [0.717, 1.165) is 52.0 Å². The Kier molecular flexibility index (Phi) is 13.5. The van der Waals surface area contributed by atoms with Crippen LogP contribution in [-0.2, 0) is 22.6 Å². The molecule has 6 nitrogen and oxygen atoms in total. The molecule has 6 heteroatoms. The molecule has 2 aromatic rings. The van der Waals surface area contributed by atoms with Crippen molar-refractivity contribution < 1.29 is 9.47 Å². The summed E-state index contributed by atoms with van der Waals surface area (Å²) in [6.45, 7) is 18.9. The molecule has 1 atom stereocenters. The Morgan fingerprint density at radius 1 is 0.775 bits per heavy atom. The first-order chi connectivity index (χ1) is 19.2. The van der Waals surface area contributed by atoms with Gasteiger partial charge in [0, 0.05) is 62.3 Å². The zero-order valence-electron chi connectivity index (χ0n) is 26.7. The van der Waals surface area contributed by atoms with Gasteiger partial charge in [-0.15, -0.1) is 0 Å². The first-order valence-electron chi connectivity index (χ1n) is 15.7. The van der Waals surface area contributed by atoms with Crippen LogP contribution in [-0.4, -0.2) is 72.4 Å². The van der Waals surface area contributed by atoms with Crippen LogP contribution in [0.2, 0.25) is 0 Å². The highest BCUT2D eigenvalue weighted by molar-refractivity contribution is 5.29. The summed E-state index contributed by atoms with van der Waals surface area (Å²) in [7, 11) is 4.37. The van der Waals surface area contributed by atoms with Crippen molar-refractivity contribution in [2.45, 2.75) is 117 Å². The maximum Gasteiger partial charge on any atom is 0.0583 e. The largest absolute Gasteiger partial charge is 0.381 e. The summed E-state index contributed by atoms with van der Waals surface area (Å²) in [6, 6.07) is 12.2. The number of hydrogen-bond acceptors (Lipinski definition) is 6. The van der Waals surface area contributed by atoms with Gasteiger partial charge in [-0.05, 0) is 95.6 Å². The molecule has 1 unspecified atom stereocenters. The maximum atomic E-state index is 5.56. The van der Waals surface area contributed by atoms with Crippen LogP contribution in [0.1, 0.15) is 120 Å². The lowest BCUT2D eigenvalue weighted by molar-refractivity contribution is 0.193. The Morgan fingerprint density at radius 3 is 1.98 bits per heavy atom. The minimum atomic E-state index is 0.479. The van der Waals surface area contributed by atoms with E-state index in [2.05, 4.69) is 101 Å². The van der Waals surface area contributed by atoms with Crippen LogP contribution in [0.3, 0.4) is 0 Å². The van der Waals surface area contributed by atoms with E-state index in [1.807, 2.05) is 0 Å². The Labute approximate surface area is 244 Å². The van der Waals surface area contributed by atoms with E-state index < -0.39 is 0 Å². The summed E-state index contributed by atoms with van der Waals surface area (Å²) in [5, 5.41) is 0. The molecule has 1 saturated carbocycles. The fraction of sp³-hybridized carbons (Fsp3) is 0.706. The topological polar surface area (TPSA) is 50.7 Å². The Morgan fingerprint density at radius 2 is 1.45 bits per heavy atom. The quantitative estimate of drug-likeness (QED) is 0.329. The van der Waals surface area contributed by atoms with Gasteiger partial charge in [-0.25, -0.2) is 0 Å². The standard InChI is InChI=1S/C17H28N2O.C13H20N2.C4H8O/c1-12(2)16-7-6-15(14-8-9-20-11-14)17(18-16)10-19(5)13(3)4;1-10(2)13-6-4-5-11(14-13)9-15(3)12-7-8-12;1-2-4-5-3-1/h6-7,12-14H,8-11H2,1-5H3;4-6,10,12H,7-9H2,1-3H3;1-4H2. The molecule has 224 valence electrons. The Hall–Kier alpha value is -1.86. The molecular formula is C34H56N4O2. The maximum absolute atomic E-state index is 5.56. The zero-order valence-corrected chi connectivity index (χ0v) is 26.7. The summed E-state index contributed by atoms with van der Waals surface area (Å²) in [5.41, 5.74) is 6.23. The molecule has 2 saturated heterocycles. The molecule has 0 aromatic carbocycles. The van der Waals surface area contributed by atoms with Gasteiger partial charge in [0.15, 0.2) is 0 Å². The van der Waals surface area contributed by atoms with Crippen molar-refractivity contribution in [1.29, 1.82) is 0 Å². The SMILES string of the molecule is C1CCOC1.CC(C)c1ccc(C2CCOC2)c(CN(C)C(C)C)n1.CC(C)c1cccc(CN(C)C2CC2)n1. The van der Waals surface area contributed by atoms with Gasteiger partial charge in [0.25, 0.3) is 0 Å². The minimum Gasteiger partial charge on any atom is -0.381 e. The summed E-state index contributed by atoms with van der Waals surface area (Å²) >= 11 is 0. The molecule has 1 aliphatic carbocycles. The molecule has 0 radical (unpaired) electrons. The lowest BCUT2D eigenvalue weighted by Crippen LogP contribution is -2.27. The van der Waals surface area contributed by atoms with E-state index in [9.17, 15) is 0 Å². The van der Waals surface area contributed by atoms with Crippen LogP contribution in [0.4, 0.5) is 0 Å². The van der Waals surface area contributed by atoms with Gasteiger partial charge in [0.1, 0.15) is 0 Å². The molecule has 0 N–H and O–H groups in total. The fourth-order valence-electron chi connectivity index (χ4n) is 4.87. The highest BCUT2D eigenvalue weighted by Gasteiger charge is 2.26. The molecule has 5 rings (SSSR count). The molecule has 0 bridgehead atoms. The van der Waals surface area contributed by atoms with Crippen molar-refractivity contribution in [3.8, 4) is 0 Å². The molecule has 2 aromatic heterocycles. The second-order valence-corrected chi connectivity index (χ2v) is 12.7. The third kappa shape index (κ3) is 10.8. The van der Waals surface area contributed by atoms with Gasteiger partial charge >= 0.3 is 0 Å². The van der Waals surface area contributed by atoms with Crippen molar-refractivity contribution in [1.82, 2.24) is 19.8 Å². The van der Waals surface area contributed by atoms with Gasteiger partial charge in [0.05, 0.1) is 18.0 Å². The third-order valence-corrected chi connectivity index (χ3v) is 8.10. The number of pyridine rings is 2. The Bertz CT molecular complexity index is 988. The van der Waals surface area contributed by atoms with Crippen molar-refractivity contribution in [3.63, 3.8) is 0 Å². The number of aromatic nitrogens is 2. The van der Waals surface area contributed by atoms with Gasteiger partial charge in [-0.3, -0.25) is 19.8 Å². The van der Waals surface area contributed by atoms with Crippen LogP contribution in [0.5, 0.6) is 0 Å². The molecule has 40 heavy (non-hydrogen) atoms. The van der Waals surface area contributed by atoms with Crippen LogP contribution < -0.4 is 0 Å². The molecule has 0 spiro atoms. The van der Waals surface area contributed by atoms with E-state index in [1.54, 1.807) is 0 Å². The van der Waals surface area contributed by atoms with Crippen molar-refractivity contribution >= 4 is 0 Å². The summed E-state index contributed by atoms with van der Waals surface area (Å²) in [5.74, 6) is 1.53. The summed E-state index contributed by atoms with van der Waals surface area (Å²) < 4.78 is 10.5. The van der Waals surface area contributed by atoms with Crippen LogP contribution in [0.25, 0.3) is 0 Å². The lowest BCUT2D eigenvalue weighted by atomic mass is 9.95. The second kappa shape index (κ2) is 16.5. The number of rotatable bonds is 9. The minimum absolute atomic E-state index is 0.479. The van der Waals surface area contributed by atoms with Gasteiger partial charge in [-0.1, -0.05) is 39.8 Å². The van der Waals surface area contributed by atoms with Gasteiger partial charge in [-0.2, -0.15) is 0 Å². The van der Waals surface area contributed by atoms with Crippen molar-refractivity contribution in [2.24, 2.45) is 0 Å². The van der Waals surface area contributed by atoms with E-state index in [4.69, 9.17) is 14.5 Å². The fourth-order valence-corrected chi connectivity index (χ4v) is 4.87. The monoisotopic (exact) mass is 552 g/mol. The predicted octanol–water partition coefficient (Wildman–Crippen LogP) is 7.15. The number of nitrogens with zero attached hydrogens (tertiary/aromatic N) is 4. The lowest BCUT2D eigenvalue weighted by Gasteiger charge is -2.24. The zero-order chi connectivity index (χ0) is 29.1. The highest BCUT2D eigenvalue weighted by Crippen LogP contribution is 2.29. The predicted molar refractivity (Wildman–Crippen MR) is 166 cm³/mol. The van der Waals surface area contributed by atoms with Gasteiger partial charge < -0.3 is 9.47 Å². The van der Waals surface area contributed by atoms with E-state index in [-0.39, 0.29) is 0 Å². The smallest absolute Gasteiger partial charge is 0.0583 e. The molecule has 3 aliphatic rings. The van der Waals surface area contributed by atoms with Crippen molar-refractivity contribution in [3.05, 3.63) is 58.7 Å². The van der Waals surface area contributed by atoms with Gasteiger partial charge in [0.2, 0.25) is 0 Å².